The van der Waals surface area contributed by atoms with Crippen LogP contribution in [0.1, 0.15) is 17.3 Å². The summed E-state index contributed by atoms with van der Waals surface area (Å²) in [5.41, 5.74) is 1.35. The number of benzene rings is 2. The molecular formula is C18H13F2NO3. The normalized spacial score (nSPS) is 10.6. The summed E-state index contributed by atoms with van der Waals surface area (Å²) in [6, 6.07) is 11.4. The highest BCUT2D eigenvalue weighted by Crippen LogP contribution is 2.28. The molecule has 122 valence electrons. The van der Waals surface area contributed by atoms with Gasteiger partial charge in [-0.25, -0.2) is 13.6 Å². The molecule has 0 saturated carbocycles. The SMILES string of the molecule is CCOC(=O)c1cccc(-c2cc(-c3ccc(F)cc3F)no2)c1. The van der Waals surface area contributed by atoms with E-state index in [-0.39, 0.29) is 17.9 Å². The largest absolute Gasteiger partial charge is 0.462 e. The first-order valence-electron chi connectivity index (χ1n) is 7.28. The number of carbonyl (C=O) groups excluding carboxylic acids is 1. The van der Waals surface area contributed by atoms with E-state index in [4.69, 9.17) is 9.26 Å². The van der Waals surface area contributed by atoms with Crippen LogP contribution in [-0.2, 0) is 4.74 Å². The fourth-order valence-electron chi connectivity index (χ4n) is 2.25. The van der Waals surface area contributed by atoms with Gasteiger partial charge in [0.05, 0.1) is 12.2 Å². The number of carbonyl (C=O) groups is 1. The molecule has 0 N–H and O–H groups in total. The van der Waals surface area contributed by atoms with Crippen LogP contribution in [0.2, 0.25) is 0 Å². The van der Waals surface area contributed by atoms with E-state index < -0.39 is 17.6 Å². The van der Waals surface area contributed by atoms with Gasteiger partial charge < -0.3 is 9.26 Å². The predicted octanol–water partition coefficient (Wildman–Crippen LogP) is 4.46. The van der Waals surface area contributed by atoms with Gasteiger partial charge in [0.2, 0.25) is 0 Å². The van der Waals surface area contributed by atoms with Crippen LogP contribution < -0.4 is 0 Å². The molecule has 0 atom stereocenters. The molecule has 1 heterocycles. The molecule has 3 rings (SSSR count). The molecule has 0 aliphatic rings. The summed E-state index contributed by atoms with van der Waals surface area (Å²) < 4.78 is 37.0. The van der Waals surface area contributed by atoms with Gasteiger partial charge in [0.1, 0.15) is 17.3 Å². The van der Waals surface area contributed by atoms with E-state index in [1.807, 2.05) is 0 Å². The van der Waals surface area contributed by atoms with E-state index >= 15 is 0 Å². The number of rotatable bonds is 4. The average Bonchev–Trinajstić information content (AvgIpc) is 3.05. The Bertz CT molecular complexity index is 889. The maximum Gasteiger partial charge on any atom is 0.338 e. The van der Waals surface area contributed by atoms with Crippen LogP contribution in [0.3, 0.4) is 0 Å². The Labute approximate surface area is 136 Å². The Balaban J connectivity index is 1.93. The first kappa shape index (κ1) is 15.9. The summed E-state index contributed by atoms with van der Waals surface area (Å²) in [5, 5.41) is 3.81. The van der Waals surface area contributed by atoms with Crippen molar-refractivity contribution in [3.63, 3.8) is 0 Å². The van der Waals surface area contributed by atoms with Crippen LogP contribution in [0.25, 0.3) is 22.6 Å². The van der Waals surface area contributed by atoms with E-state index in [9.17, 15) is 13.6 Å². The van der Waals surface area contributed by atoms with Gasteiger partial charge in [-0.1, -0.05) is 17.3 Å². The molecule has 0 bridgehead atoms. The zero-order valence-electron chi connectivity index (χ0n) is 12.8. The summed E-state index contributed by atoms with van der Waals surface area (Å²) in [6.45, 7) is 2.00. The lowest BCUT2D eigenvalue weighted by atomic mass is 10.1. The van der Waals surface area contributed by atoms with E-state index in [0.29, 0.717) is 16.9 Å². The molecule has 0 amide bonds. The Morgan fingerprint density at radius 2 is 2.00 bits per heavy atom. The molecule has 24 heavy (non-hydrogen) atoms. The number of ether oxygens (including phenoxy) is 1. The number of hydrogen-bond donors (Lipinski definition) is 0. The third kappa shape index (κ3) is 3.17. The standard InChI is InChI=1S/C18H13F2NO3/c1-2-23-18(22)12-5-3-4-11(8-12)17-10-16(21-24-17)14-7-6-13(19)9-15(14)20/h3-10H,2H2,1H3. The second-order valence-corrected chi connectivity index (χ2v) is 5.00. The summed E-state index contributed by atoms with van der Waals surface area (Å²) in [7, 11) is 0. The third-order valence-electron chi connectivity index (χ3n) is 3.38. The molecule has 3 aromatic rings. The smallest absolute Gasteiger partial charge is 0.338 e. The van der Waals surface area contributed by atoms with Gasteiger partial charge in [-0.3, -0.25) is 0 Å². The topological polar surface area (TPSA) is 52.3 Å². The van der Waals surface area contributed by atoms with Gasteiger partial charge in [-0.05, 0) is 31.2 Å². The highest BCUT2D eigenvalue weighted by molar-refractivity contribution is 5.90. The zero-order valence-corrected chi connectivity index (χ0v) is 12.8. The van der Waals surface area contributed by atoms with E-state index in [0.717, 1.165) is 12.1 Å². The second kappa shape index (κ2) is 6.62. The van der Waals surface area contributed by atoms with Gasteiger partial charge in [0.25, 0.3) is 0 Å². The van der Waals surface area contributed by atoms with Crippen molar-refractivity contribution in [1.82, 2.24) is 5.16 Å². The average molecular weight is 329 g/mol. The third-order valence-corrected chi connectivity index (χ3v) is 3.38. The van der Waals surface area contributed by atoms with Crippen molar-refractivity contribution >= 4 is 5.97 Å². The van der Waals surface area contributed by atoms with Gasteiger partial charge in [0.15, 0.2) is 5.76 Å². The molecule has 1 aromatic heterocycles. The number of halogens is 2. The molecule has 0 saturated heterocycles. The molecule has 0 fully saturated rings. The molecule has 0 aliphatic carbocycles. The molecule has 0 radical (unpaired) electrons. The van der Waals surface area contributed by atoms with Gasteiger partial charge >= 0.3 is 5.97 Å². The minimum atomic E-state index is -0.727. The molecule has 0 unspecified atom stereocenters. The summed E-state index contributed by atoms with van der Waals surface area (Å²) in [5.74, 6) is -1.47. The fourth-order valence-corrected chi connectivity index (χ4v) is 2.25. The lowest BCUT2D eigenvalue weighted by Crippen LogP contribution is -2.04. The molecular weight excluding hydrogens is 316 g/mol. The Morgan fingerprint density at radius 3 is 2.75 bits per heavy atom. The van der Waals surface area contributed by atoms with Crippen molar-refractivity contribution in [2.75, 3.05) is 6.61 Å². The fraction of sp³-hybridized carbons (Fsp3) is 0.111. The van der Waals surface area contributed by atoms with Crippen LogP contribution >= 0.6 is 0 Å². The van der Waals surface area contributed by atoms with Crippen molar-refractivity contribution in [2.24, 2.45) is 0 Å². The molecule has 2 aromatic carbocycles. The number of aromatic nitrogens is 1. The molecule has 4 nitrogen and oxygen atoms in total. The first-order chi connectivity index (χ1) is 11.6. The molecule has 0 spiro atoms. The quantitative estimate of drug-likeness (QED) is 0.663. The minimum Gasteiger partial charge on any atom is -0.462 e. The highest BCUT2D eigenvalue weighted by atomic mass is 19.1. The van der Waals surface area contributed by atoms with Crippen LogP contribution in [0, 0.1) is 11.6 Å². The van der Waals surface area contributed by atoms with Gasteiger partial charge in [-0.2, -0.15) is 0 Å². The van der Waals surface area contributed by atoms with Crippen LogP contribution in [0.4, 0.5) is 8.78 Å². The zero-order chi connectivity index (χ0) is 17.1. The Hall–Kier alpha value is -3.02. The summed E-state index contributed by atoms with van der Waals surface area (Å²) in [4.78, 5) is 11.8. The second-order valence-electron chi connectivity index (χ2n) is 5.00. The number of hydrogen-bond acceptors (Lipinski definition) is 4. The van der Waals surface area contributed by atoms with Gasteiger partial charge in [0, 0.05) is 23.3 Å². The van der Waals surface area contributed by atoms with Crippen molar-refractivity contribution in [2.45, 2.75) is 6.92 Å². The van der Waals surface area contributed by atoms with Crippen LogP contribution in [-0.4, -0.2) is 17.7 Å². The van der Waals surface area contributed by atoms with Gasteiger partial charge in [-0.15, -0.1) is 0 Å². The van der Waals surface area contributed by atoms with Crippen LogP contribution in [0.5, 0.6) is 0 Å². The lowest BCUT2D eigenvalue weighted by molar-refractivity contribution is 0.0526. The summed E-state index contributed by atoms with van der Waals surface area (Å²) in [6.07, 6.45) is 0. The molecule has 0 aliphatic heterocycles. The first-order valence-corrected chi connectivity index (χ1v) is 7.28. The minimum absolute atomic E-state index is 0.132. The van der Waals surface area contributed by atoms with E-state index in [2.05, 4.69) is 5.16 Å². The predicted molar refractivity (Wildman–Crippen MR) is 83.2 cm³/mol. The summed E-state index contributed by atoms with van der Waals surface area (Å²) >= 11 is 0. The van der Waals surface area contributed by atoms with Crippen molar-refractivity contribution in [3.8, 4) is 22.6 Å². The number of nitrogens with zero attached hydrogens (tertiary/aromatic N) is 1. The maximum absolute atomic E-state index is 13.8. The Kier molecular flexibility index (Phi) is 4.37. The lowest BCUT2D eigenvalue weighted by Gasteiger charge is -2.02. The van der Waals surface area contributed by atoms with Crippen molar-refractivity contribution in [3.05, 3.63) is 65.7 Å². The van der Waals surface area contributed by atoms with Crippen molar-refractivity contribution < 1.29 is 22.8 Å². The van der Waals surface area contributed by atoms with E-state index in [1.165, 1.54) is 12.1 Å². The monoisotopic (exact) mass is 329 g/mol. The number of esters is 1. The van der Waals surface area contributed by atoms with E-state index in [1.54, 1.807) is 31.2 Å². The van der Waals surface area contributed by atoms with Crippen molar-refractivity contribution in [1.29, 1.82) is 0 Å². The van der Waals surface area contributed by atoms with Crippen LogP contribution in [0.15, 0.2) is 53.1 Å². The Morgan fingerprint density at radius 1 is 1.17 bits per heavy atom. The maximum atomic E-state index is 13.8. The molecule has 6 heteroatoms. The highest BCUT2D eigenvalue weighted by Gasteiger charge is 2.14.